The predicted molar refractivity (Wildman–Crippen MR) is 56.3 cm³/mol. The van der Waals surface area contributed by atoms with Gasteiger partial charge >= 0.3 is 0 Å². The van der Waals surface area contributed by atoms with Crippen LogP contribution in [0, 0.1) is 0 Å². The zero-order chi connectivity index (χ0) is 11.1. The zero-order valence-electron chi connectivity index (χ0n) is 9.35. The summed E-state index contributed by atoms with van der Waals surface area (Å²) in [7, 11) is 0. The summed E-state index contributed by atoms with van der Waals surface area (Å²) in [6.45, 7) is 2.72. The summed E-state index contributed by atoms with van der Waals surface area (Å²) in [5, 5.41) is 3.42. The van der Waals surface area contributed by atoms with Gasteiger partial charge < -0.3 is 10.1 Å². The molecule has 0 bridgehead atoms. The van der Waals surface area contributed by atoms with Crippen LogP contribution in [-0.4, -0.2) is 31.7 Å². The second-order valence-corrected chi connectivity index (χ2v) is 4.16. The fourth-order valence-electron chi connectivity index (χ4n) is 2.04. The van der Waals surface area contributed by atoms with Crippen molar-refractivity contribution in [3.63, 3.8) is 0 Å². The molecule has 0 amide bonds. The summed E-state index contributed by atoms with van der Waals surface area (Å²) in [5.41, 5.74) is 0. The van der Waals surface area contributed by atoms with Crippen LogP contribution in [0.15, 0.2) is 0 Å². The molecule has 0 heterocycles. The molecular formula is C11H21F2NO. The zero-order valence-corrected chi connectivity index (χ0v) is 9.35. The van der Waals surface area contributed by atoms with E-state index in [1.54, 1.807) is 0 Å². The molecule has 1 N–H and O–H groups in total. The monoisotopic (exact) mass is 221 g/mol. The van der Waals surface area contributed by atoms with Gasteiger partial charge in [-0.05, 0) is 38.6 Å². The van der Waals surface area contributed by atoms with E-state index in [2.05, 4.69) is 12.2 Å². The summed E-state index contributed by atoms with van der Waals surface area (Å²) in [4.78, 5) is 0. The number of hydrogen-bond donors (Lipinski definition) is 1. The molecule has 0 aromatic heterocycles. The van der Waals surface area contributed by atoms with Crippen LogP contribution >= 0.6 is 0 Å². The van der Waals surface area contributed by atoms with Crippen LogP contribution in [-0.2, 0) is 4.74 Å². The molecule has 90 valence electrons. The SMILES string of the molecule is CCCNC1CCCC(OCC(F)F)C1. The van der Waals surface area contributed by atoms with E-state index in [1.807, 2.05) is 0 Å². The van der Waals surface area contributed by atoms with Crippen molar-refractivity contribution in [2.24, 2.45) is 0 Å². The molecule has 4 heteroatoms. The van der Waals surface area contributed by atoms with Crippen molar-refractivity contribution >= 4 is 0 Å². The molecule has 2 nitrogen and oxygen atoms in total. The Morgan fingerprint density at radius 2 is 2.20 bits per heavy atom. The van der Waals surface area contributed by atoms with E-state index in [9.17, 15) is 8.78 Å². The van der Waals surface area contributed by atoms with Crippen molar-refractivity contribution in [1.82, 2.24) is 5.32 Å². The lowest BCUT2D eigenvalue weighted by Gasteiger charge is -2.29. The van der Waals surface area contributed by atoms with Crippen molar-refractivity contribution in [3.8, 4) is 0 Å². The molecule has 0 aromatic carbocycles. The van der Waals surface area contributed by atoms with Crippen LogP contribution in [0.2, 0.25) is 0 Å². The molecule has 1 aliphatic rings. The summed E-state index contributed by atoms with van der Waals surface area (Å²) < 4.78 is 29.1. The third kappa shape index (κ3) is 5.42. The van der Waals surface area contributed by atoms with E-state index in [1.165, 1.54) is 0 Å². The summed E-state index contributed by atoms with van der Waals surface area (Å²) >= 11 is 0. The molecule has 2 unspecified atom stereocenters. The van der Waals surface area contributed by atoms with Gasteiger partial charge in [0.25, 0.3) is 6.43 Å². The molecule has 1 rings (SSSR count). The van der Waals surface area contributed by atoms with Gasteiger partial charge in [0.05, 0.1) is 6.10 Å². The summed E-state index contributed by atoms with van der Waals surface area (Å²) in [5.74, 6) is 0. The number of nitrogens with one attached hydrogen (secondary N) is 1. The Bertz CT molecular complexity index is 167. The second-order valence-electron chi connectivity index (χ2n) is 4.16. The van der Waals surface area contributed by atoms with Crippen LogP contribution in [0.3, 0.4) is 0 Å². The molecule has 0 saturated heterocycles. The first-order valence-electron chi connectivity index (χ1n) is 5.85. The van der Waals surface area contributed by atoms with Crippen molar-refractivity contribution in [1.29, 1.82) is 0 Å². The number of hydrogen-bond acceptors (Lipinski definition) is 2. The average molecular weight is 221 g/mol. The van der Waals surface area contributed by atoms with E-state index in [4.69, 9.17) is 4.74 Å². The molecule has 0 radical (unpaired) electrons. The van der Waals surface area contributed by atoms with Gasteiger partial charge in [-0.25, -0.2) is 8.78 Å². The molecule has 1 aliphatic carbocycles. The highest BCUT2D eigenvalue weighted by molar-refractivity contribution is 4.78. The van der Waals surface area contributed by atoms with Gasteiger partial charge in [0, 0.05) is 6.04 Å². The Hall–Kier alpha value is -0.220. The van der Waals surface area contributed by atoms with E-state index in [0.29, 0.717) is 6.04 Å². The first kappa shape index (κ1) is 12.8. The first-order valence-corrected chi connectivity index (χ1v) is 5.85. The lowest BCUT2D eigenvalue weighted by atomic mass is 9.93. The fraction of sp³-hybridized carbons (Fsp3) is 1.00. The standard InChI is InChI=1S/C11H21F2NO/c1-2-6-14-9-4-3-5-10(7-9)15-8-11(12)13/h9-11,14H,2-8H2,1H3. The Morgan fingerprint density at radius 1 is 1.40 bits per heavy atom. The van der Waals surface area contributed by atoms with E-state index in [-0.39, 0.29) is 6.10 Å². The van der Waals surface area contributed by atoms with Crippen LogP contribution in [0.4, 0.5) is 8.78 Å². The van der Waals surface area contributed by atoms with Crippen LogP contribution in [0.5, 0.6) is 0 Å². The minimum Gasteiger partial charge on any atom is -0.372 e. The van der Waals surface area contributed by atoms with Gasteiger partial charge in [-0.1, -0.05) is 6.92 Å². The van der Waals surface area contributed by atoms with E-state index < -0.39 is 13.0 Å². The maximum atomic E-state index is 11.9. The molecule has 0 aromatic rings. The Labute approximate surface area is 90.4 Å². The number of rotatable bonds is 6. The smallest absolute Gasteiger partial charge is 0.261 e. The number of ether oxygens (including phenoxy) is 1. The van der Waals surface area contributed by atoms with Crippen LogP contribution < -0.4 is 5.32 Å². The fourth-order valence-corrected chi connectivity index (χ4v) is 2.04. The van der Waals surface area contributed by atoms with Crippen molar-refractivity contribution < 1.29 is 13.5 Å². The Kier molecular flexibility index (Phi) is 6.10. The Balaban J connectivity index is 2.17. The van der Waals surface area contributed by atoms with Gasteiger partial charge in [-0.2, -0.15) is 0 Å². The minimum absolute atomic E-state index is 0.0297. The van der Waals surface area contributed by atoms with Crippen molar-refractivity contribution in [2.45, 2.75) is 57.6 Å². The van der Waals surface area contributed by atoms with Crippen LogP contribution in [0.1, 0.15) is 39.0 Å². The predicted octanol–water partition coefficient (Wildman–Crippen LogP) is 2.58. The second kappa shape index (κ2) is 7.12. The Morgan fingerprint density at radius 3 is 2.87 bits per heavy atom. The third-order valence-electron chi connectivity index (χ3n) is 2.77. The molecule has 0 spiro atoms. The molecule has 1 fully saturated rings. The lowest BCUT2D eigenvalue weighted by Crippen LogP contribution is -2.37. The minimum atomic E-state index is -2.34. The average Bonchev–Trinajstić information content (AvgIpc) is 2.24. The van der Waals surface area contributed by atoms with Gasteiger partial charge in [0.2, 0.25) is 0 Å². The maximum absolute atomic E-state index is 11.9. The van der Waals surface area contributed by atoms with Gasteiger partial charge in [0.15, 0.2) is 0 Å². The van der Waals surface area contributed by atoms with Crippen LogP contribution in [0.25, 0.3) is 0 Å². The quantitative estimate of drug-likeness (QED) is 0.744. The van der Waals surface area contributed by atoms with Crippen molar-refractivity contribution in [2.75, 3.05) is 13.2 Å². The third-order valence-corrected chi connectivity index (χ3v) is 2.77. The summed E-state index contributed by atoms with van der Waals surface area (Å²) in [6, 6.07) is 0.460. The molecule has 0 aliphatic heterocycles. The lowest BCUT2D eigenvalue weighted by molar-refractivity contribution is -0.0408. The summed E-state index contributed by atoms with van der Waals surface area (Å²) in [6.07, 6.45) is 2.84. The number of halogens is 2. The highest BCUT2D eigenvalue weighted by Crippen LogP contribution is 2.21. The molecular weight excluding hydrogens is 200 g/mol. The highest BCUT2D eigenvalue weighted by atomic mass is 19.3. The molecule has 2 atom stereocenters. The topological polar surface area (TPSA) is 21.3 Å². The van der Waals surface area contributed by atoms with E-state index >= 15 is 0 Å². The molecule has 1 saturated carbocycles. The highest BCUT2D eigenvalue weighted by Gasteiger charge is 2.22. The van der Waals surface area contributed by atoms with Gasteiger partial charge in [-0.15, -0.1) is 0 Å². The van der Waals surface area contributed by atoms with Gasteiger partial charge in [0.1, 0.15) is 6.61 Å². The largest absolute Gasteiger partial charge is 0.372 e. The first-order chi connectivity index (χ1) is 7.22. The van der Waals surface area contributed by atoms with Gasteiger partial charge in [-0.3, -0.25) is 0 Å². The molecule has 15 heavy (non-hydrogen) atoms. The van der Waals surface area contributed by atoms with Crippen molar-refractivity contribution in [3.05, 3.63) is 0 Å². The number of alkyl halides is 2. The maximum Gasteiger partial charge on any atom is 0.261 e. The normalized spacial score (nSPS) is 27.2. The van der Waals surface area contributed by atoms with E-state index in [0.717, 1.165) is 38.6 Å².